The van der Waals surface area contributed by atoms with E-state index in [9.17, 15) is 4.79 Å². The Morgan fingerprint density at radius 1 is 1.88 bits per heavy atom. The third-order valence-corrected chi connectivity index (χ3v) is 1.37. The molecule has 0 radical (unpaired) electrons. The van der Waals surface area contributed by atoms with E-state index in [0.29, 0.717) is 0 Å². The maximum absolute atomic E-state index is 10.4. The van der Waals surface area contributed by atoms with Gasteiger partial charge in [0.2, 0.25) is 5.12 Å². The molecule has 1 atom stereocenters. The molecule has 0 amide bonds. The predicted molar refractivity (Wildman–Crippen MR) is 37.1 cm³/mol. The van der Waals surface area contributed by atoms with Gasteiger partial charge in [-0.1, -0.05) is 6.92 Å². The highest BCUT2D eigenvalue weighted by molar-refractivity contribution is 7.96. The second kappa shape index (κ2) is 3.92. The van der Waals surface area contributed by atoms with Crippen LogP contribution in [0.15, 0.2) is 0 Å². The van der Waals surface area contributed by atoms with E-state index in [0.717, 1.165) is 6.42 Å². The first-order chi connectivity index (χ1) is 3.72. The van der Waals surface area contributed by atoms with Gasteiger partial charge in [0.1, 0.15) is 0 Å². The predicted octanol–water partition coefficient (Wildman–Crippen LogP) is 0.441. The number of hydrogen-bond acceptors (Lipinski definition) is 2. The van der Waals surface area contributed by atoms with Crippen molar-refractivity contribution in [3.8, 4) is 0 Å². The molecule has 0 saturated heterocycles. The summed E-state index contributed by atoms with van der Waals surface area (Å²) in [7, 11) is 1.75. The average Bonchev–Trinajstić information content (AvgIpc) is 1.69. The lowest BCUT2D eigenvalue weighted by Crippen LogP contribution is -2.29. The highest BCUT2D eigenvalue weighted by Crippen LogP contribution is 1.93. The van der Waals surface area contributed by atoms with Crippen LogP contribution in [0.5, 0.6) is 0 Å². The Balaban J connectivity index is 3.52. The first-order valence-corrected chi connectivity index (χ1v) is 3.07. The van der Waals surface area contributed by atoms with Gasteiger partial charge in [0.05, 0.1) is 6.04 Å². The Bertz CT molecular complexity index is 80.5. The van der Waals surface area contributed by atoms with Crippen LogP contribution in [0.4, 0.5) is 0 Å². The lowest BCUT2D eigenvalue weighted by molar-refractivity contribution is -0.112. The maximum Gasteiger partial charge on any atom is 0.202 e. The molecule has 1 N–H and O–H groups in total. The van der Waals surface area contributed by atoms with E-state index in [1.165, 1.54) is 0 Å². The fourth-order valence-electron chi connectivity index (χ4n) is 0.502. The molecule has 0 fully saturated rings. The van der Waals surface area contributed by atoms with E-state index in [1.54, 1.807) is 7.05 Å². The summed E-state index contributed by atoms with van der Waals surface area (Å²) in [5.41, 5.74) is 0. The molecule has 0 aliphatic carbocycles. The molecule has 8 heavy (non-hydrogen) atoms. The standard InChI is InChI=1S/C5H11NOS/c1-3-4(6-2)5(7)8/h4,6H,3H2,1-2H3,(H,7,8)/t4-/m1/s1. The van der Waals surface area contributed by atoms with Gasteiger partial charge < -0.3 is 5.32 Å². The Morgan fingerprint density at radius 3 is 2.38 bits per heavy atom. The summed E-state index contributed by atoms with van der Waals surface area (Å²) in [6.45, 7) is 1.94. The zero-order chi connectivity index (χ0) is 6.57. The maximum atomic E-state index is 10.4. The summed E-state index contributed by atoms with van der Waals surface area (Å²) in [5, 5.41) is 2.74. The minimum atomic E-state index is -0.0880. The largest absolute Gasteiger partial charge is 0.310 e. The molecule has 48 valence electrons. The van der Waals surface area contributed by atoms with Crippen molar-refractivity contribution in [2.45, 2.75) is 19.4 Å². The van der Waals surface area contributed by atoms with E-state index < -0.39 is 0 Å². The van der Waals surface area contributed by atoms with Crippen LogP contribution in [0.25, 0.3) is 0 Å². The van der Waals surface area contributed by atoms with E-state index in [1.807, 2.05) is 6.92 Å². The minimum Gasteiger partial charge on any atom is -0.310 e. The van der Waals surface area contributed by atoms with Crippen molar-refractivity contribution >= 4 is 17.7 Å². The highest BCUT2D eigenvalue weighted by Gasteiger charge is 2.07. The van der Waals surface area contributed by atoms with Crippen molar-refractivity contribution < 1.29 is 4.79 Å². The molecule has 3 heteroatoms. The normalized spacial score (nSPS) is 13.4. The van der Waals surface area contributed by atoms with Gasteiger partial charge in [-0.25, -0.2) is 0 Å². The molecule has 0 aliphatic rings. The van der Waals surface area contributed by atoms with Crippen LogP contribution < -0.4 is 5.32 Å². The molecule has 0 heterocycles. The minimum absolute atomic E-state index is 0.0710. The van der Waals surface area contributed by atoms with Gasteiger partial charge in [-0.3, -0.25) is 4.79 Å². The van der Waals surface area contributed by atoms with Crippen molar-refractivity contribution in [3.63, 3.8) is 0 Å². The van der Waals surface area contributed by atoms with Gasteiger partial charge in [0.15, 0.2) is 0 Å². The quantitative estimate of drug-likeness (QED) is 0.547. The molecule has 0 unspecified atom stereocenters. The number of carbonyl (C=O) groups excluding carboxylic acids is 1. The molecule has 0 aromatic rings. The molecule has 2 nitrogen and oxygen atoms in total. The topological polar surface area (TPSA) is 29.1 Å². The second-order valence-corrected chi connectivity index (χ2v) is 2.03. The number of hydrogen-bond donors (Lipinski definition) is 2. The average molecular weight is 133 g/mol. The second-order valence-electron chi connectivity index (χ2n) is 1.59. The molecule has 0 saturated carbocycles. The molecule has 0 aliphatic heterocycles. The van der Waals surface area contributed by atoms with Gasteiger partial charge in [0.25, 0.3) is 0 Å². The van der Waals surface area contributed by atoms with Crippen molar-refractivity contribution in [2.24, 2.45) is 0 Å². The number of likely N-dealkylation sites (N-methyl/N-ethyl adjacent to an activating group) is 1. The summed E-state index contributed by atoms with van der Waals surface area (Å²) in [4.78, 5) is 10.4. The smallest absolute Gasteiger partial charge is 0.202 e. The van der Waals surface area contributed by atoms with Gasteiger partial charge in [-0.2, -0.15) is 0 Å². The Morgan fingerprint density at radius 2 is 2.38 bits per heavy atom. The van der Waals surface area contributed by atoms with Gasteiger partial charge in [-0.05, 0) is 13.5 Å². The Kier molecular flexibility index (Phi) is 3.91. The molecule has 0 aromatic heterocycles. The van der Waals surface area contributed by atoms with E-state index in [4.69, 9.17) is 0 Å². The number of nitrogens with one attached hydrogen (secondary N) is 1. The third kappa shape index (κ3) is 2.33. The van der Waals surface area contributed by atoms with Gasteiger partial charge in [-0.15, -0.1) is 12.6 Å². The molecule has 0 rings (SSSR count). The molecule has 0 aromatic carbocycles. The van der Waals surface area contributed by atoms with Crippen LogP contribution >= 0.6 is 12.6 Å². The number of thiol groups is 1. The molecule has 0 bridgehead atoms. The summed E-state index contributed by atoms with van der Waals surface area (Å²) in [6.07, 6.45) is 0.804. The zero-order valence-corrected chi connectivity index (χ0v) is 6.03. The van der Waals surface area contributed by atoms with Gasteiger partial charge in [0, 0.05) is 0 Å². The van der Waals surface area contributed by atoms with Crippen LogP contribution in [0.1, 0.15) is 13.3 Å². The van der Waals surface area contributed by atoms with Crippen LogP contribution in [-0.4, -0.2) is 18.2 Å². The van der Waals surface area contributed by atoms with Crippen molar-refractivity contribution in [2.75, 3.05) is 7.05 Å². The monoisotopic (exact) mass is 133 g/mol. The summed E-state index contributed by atoms with van der Waals surface area (Å²) >= 11 is 3.65. The number of carbonyl (C=O) groups is 1. The summed E-state index contributed by atoms with van der Waals surface area (Å²) < 4.78 is 0. The SMILES string of the molecule is CC[C@@H](NC)C(=O)S. The lowest BCUT2D eigenvalue weighted by Gasteiger charge is -2.06. The molecular formula is C5H11NOS. The Hall–Kier alpha value is -0.0200. The molecular weight excluding hydrogens is 122 g/mol. The lowest BCUT2D eigenvalue weighted by atomic mass is 10.2. The molecule has 0 spiro atoms. The first kappa shape index (κ1) is 7.98. The van der Waals surface area contributed by atoms with Crippen molar-refractivity contribution in [1.29, 1.82) is 0 Å². The summed E-state index contributed by atoms with van der Waals surface area (Å²) in [5.74, 6) is 0. The van der Waals surface area contributed by atoms with Crippen molar-refractivity contribution in [1.82, 2.24) is 5.32 Å². The third-order valence-electron chi connectivity index (χ3n) is 1.05. The van der Waals surface area contributed by atoms with E-state index >= 15 is 0 Å². The van der Waals surface area contributed by atoms with Crippen LogP contribution in [-0.2, 0) is 4.79 Å². The van der Waals surface area contributed by atoms with E-state index in [-0.39, 0.29) is 11.2 Å². The van der Waals surface area contributed by atoms with Gasteiger partial charge >= 0.3 is 0 Å². The zero-order valence-electron chi connectivity index (χ0n) is 5.14. The van der Waals surface area contributed by atoms with E-state index in [2.05, 4.69) is 17.9 Å². The summed E-state index contributed by atoms with van der Waals surface area (Å²) in [6, 6.07) is -0.0710. The fourth-order valence-corrected chi connectivity index (χ4v) is 0.814. The van der Waals surface area contributed by atoms with Crippen LogP contribution in [0.3, 0.4) is 0 Å². The van der Waals surface area contributed by atoms with Crippen LogP contribution in [0.2, 0.25) is 0 Å². The number of rotatable bonds is 3. The van der Waals surface area contributed by atoms with Crippen molar-refractivity contribution in [3.05, 3.63) is 0 Å². The fraction of sp³-hybridized carbons (Fsp3) is 0.800. The van der Waals surface area contributed by atoms with Crippen LogP contribution in [0, 0.1) is 0 Å². The Labute approximate surface area is 55.1 Å². The highest BCUT2D eigenvalue weighted by atomic mass is 32.1. The first-order valence-electron chi connectivity index (χ1n) is 2.62.